The third kappa shape index (κ3) is 6.11. The fourth-order valence-corrected chi connectivity index (χ4v) is 4.67. The molecule has 0 spiro atoms. The van der Waals surface area contributed by atoms with E-state index in [4.69, 9.17) is 16.3 Å². The van der Waals surface area contributed by atoms with Crippen molar-refractivity contribution in [3.63, 3.8) is 0 Å². The number of carbonyl (C=O) groups excluding carboxylic acids is 1. The molecule has 0 fully saturated rings. The first kappa shape index (κ1) is 25.4. The Morgan fingerprint density at radius 1 is 0.917 bits per heavy atom. The van der Waals surface area contributed by atoms with Crippen molar-refractivity contribution >= 4 is 33.0 Å². The monoisotopic (exact) mass is 523 g/mol. The molecule has 8 heteroatoms. The fraction of sp³-hybridized carbons (Fsp3) is 0.107. The molecule has 0 saturated carbocycles. The average molecular weight is 524 g/mol. The summed E-state index contributed by atoms with van der Waals surface area (Å²) in [7, 11) is -3.30. The van der Waals surface area contributed by atoms with Crippen LogP contribution in [-0.2, 0) is 21.1 Å². The van der Waals surface area contributed by atoms with Gasteiger partial charge in [-0.1, -0.05) is 54.9 Å². The van der Waals surface area contributed by atoms with Gasteiger partial charge in [-0.05, 0) is 59.7 Å². The molecule has 0 aliphatic carbocycles. The van der Waals surface area contributed by atoms with Crippen LogP contribution in [0.2, 0.25) is 5.02 Å². The Balaban J connectivity index is 1.58. The minimum Gasteiger partial charge on any atom is -0.454 e. The van der Waals surface area contributed by atoms with Crippen molar-refractivity contribution < 1.29 is 22.3 Å². The zero-order valence-electron chi connectivity index (χ0n) is 19.4. The molecule has 1 amide bonds. The number of nitrogens with one attached hydrogen (secondary N) is 1. The first-order valence-electron chi connectivity index (χ1n) is 11.2. The highest BCUT2D eigenvalue weighted by molar-refractivity contribution is 7.91. The van der Waals surface area contributed by atoms with E-state index in [2.05, 4.69) is 5.32 Å². The number of ether oxygens (including phenoxy) is 1. The predicted octanol–water partition coefficient (Wildman–Crippen LogP) is 6.91. The van der Waals surface area contributed by atoms with E-state index < -0.39 is 15.7 Å². The normalized spacial score (nSPS) is 11.2. The second-order valence-electron chi connectivity index (χ2n) is 8.03. The minimum atomic E-state index is -3.30. The maximum Gasteiger partial charge on any atom is 0.228 e. The van der Waals surface area contributed by atoms with Crippen LogP contribution < -0.4 is 10.1 Å². The van der Waals surface area contributed by atoms with E-state index in [1.54, 1.807) is 67.6 Å². The van der Waals surface area contributed by atoms with Gasteiger partial charge in [0.05, 0.1) is 17.1 Å². The molecule has 0 aliphatic rings. The molecule has 4 aromatic rings. The second-order valence-corrected chi connectivity index (χ2v) is 10.7. The Morgan fingerprint density at radius 3 is 2.36 bits per heavy atom. The maximum absolute atomic E-state index is 14.3. The largest absolute Gasteiger partial charge is 0.454 e. The summed E-state index contributed by atoms with van der Waals surface area (Å²) in [5, 5.41) is 3.36. The van der Waals surface area contributed by atoms with Gasteiger partial charge in [0.25, 0.3) is 0 Å². The molecule has 0 aromatic heterocycles. The van der Waals surface area contributed by atoms with Crippen LogP contribution in [0.5, 0.6) is 11.5 Å². The molecule has 184 valence electrons. The van der Waals surface area contributed by atoms with E-state index in [1.165, 1.54) is 24.3 Å². The molecule has 0 bridgehead atoms. The Labute approximate surface area is 214 Å². The van der Waals surface area contributed by atoms with Gasteiger partial charge in [0.1, 0.15) is 5.75 Å². The number of hydrogen-bond acceptors (Lipinski definition) is 4. The first-order valence-corrected chi connectivity index (χ1v) is 13.2. The maximum atomic E-state index is 14.3. The SMILES string of the molecule is CCS(=O)(=O)c1ccc(CC(=O)Nc2ccc(-c3cccc(Cl)c3)c(Oc3ccccc3F)c2)cc1. The van der Waals surface area contributed by atoms with Gasteiger partial charge >= 0.3 is 0 Å². The molecule has 0 unspecified atom stereocenters. The summed E-state index contributed by atoms with van der Waals surface area (Å²) in [5.74, 6) is -0.415. The van der Waals surface area contributed by atoms with Gasteiger partial charge in [-0.15, -0.1) is 0 Å². The van der Waals surface area contributed by atoms with Crippen molar-refractivity contribution in [1.82, 2.24) is 0 Å². The lowest BCUT2D eigenvalue weighted by Gasteiger charge is -2.15. The van der Waals surface area contributed by atoms with Gasteiger partial charge < -0.3 is 10.1 Å². The Morgan fingerprint density at radius 2 is 1.67 bits per heavy atom. The third-order valence-corrected chi connectivity index (χ3v) is 7.47. The van der Waals surface area contributed by atoms with E-state index in [0.717, 1.165) is 5.56 Å². The zero-order valence-corrected chi connectivity index (χ0v) is 20.9. The highest BCUT2D eigenvalue weighted by Gasteiger charge is 2.14. The van der Waals surface area contributed by atoms with E-state index in [0.29, 0.717) is 27.6 Å². The first-order chi connectivity index (χ1) is 17.2. The number of benzene rings is 4. The number of carbonyl (C=O) groups is 1. The van der Waals surface area contributed by atoms with Gasteiger partial charge in [-0.2, -0.15) is 0 Å². The summed E-state index contributed by atoms with van der Waals surface area (Å²) in [6, 6.07) is 24.6. The van der Waals surface area contributed by atoms with E-state index in [-0.39, 0.29) is 28.7 Å². The van der Waals surface area contributed by atoms with Gasteiger partial charge in [-0.25, -0.2) is 12.8 Å². The highest BCUT2D eigenvalue weighted by atomic mass is 35.5. The lowest BCUT2D eigenvalue weighted by atomic mass is 10.0. The molecule has 0 atom stereocenters. The average Bonchev–Trinajstić information content (AvgIpc) is 2.86. The smallest absolute Gasteiger partial charge is 0.228 e. The summed E-state index contributed by atoms with van der Waals surface area (Å²) in [6.07, 6.45) is 0.0476. The third-order valence-electron chi connectivity index (χ3n) is 5.48. The lowest BCUT2D eigenvalue weighted by molar-refractivity contribution is -0.115. The van der Waals surface area contributed by atoms with E-state index in [1.807, 2.05) is 6.07 Å². The van der Waals surface area contributed by atoms with Crippen molar-refractivity contribution in [2.24, 2.45) is 0 Å². The number of amides is 1. The number of anilines is 1. The molecule has 4 rings (SSSR count). The molecule has 0 heterocycles. The summed E-state index contributed by atoms with van der Waals surface area (Å²) < 4.78 is 44.2. The summed E-state index contributed by atoms with van der Waals surface area (Å²) in [4.78, 5) is 12.9. The number of hydrogen-bond donors (Lipinski definition) is 1. The molecule has 0 saturated heterocycles. The van der Waals surface area contributed by atoms with Gasteiger partial charge in [-0.3, -0.25) is 4.79 Å². The van der Waals surface area contributed by atoms with Crippen LogP contribution >= 0.6 is 11.6 Å². The van der Waals surface area contributed by atoms with Gasteiger partial charge in [0.15, 0.2) is 21.4 Å². The Kier molecular flexibility index (Phi) is 7.72. The molecule has 4 aromatic carbocycles. The minimum absolute atomic E-state index is 0.00923. The van der Waals surface area contributed by atoms with Crippen LogP contribution in [0.25, 0.3) is 11.1 Å². The molecular weight excluding hydrogens is 501 g/mol. The number of halogens is 2. The number of sulfone groups is 1. The van der Waals surface area contributed by atoms with Crippen molar-refractivity contribution in [2.45, 2.75) is 18.2 Å². The standard InChI is InChI=1S/C28H23ClFNO4S/c1-2-36(33,34)23-13-10-19(11-14-23)16-28(32)31-22-12-15-24(20-6-5-7-21(29)17-20)27(18-22)35-26-9-4-3-8-25(26)30/h3-15,17-18H,2,16H2,1H3,(H,31,32). The topological polar surface area (TPSA) is 72.5 Å². The molecule has 1 N–H and O–H groups in total. The summed E-state index contributed by atoms with van der Waals surface area (Å²) in [5.41, 5.74) is 2.57. The Hall–Kier alpha value is -3.68. The van der Waals surface area contributed by atoms with Gasteiger partial charge in [0.2, 0.25) is 5.91 Å². The quantitative estimate of drug-likeness (QED) is 0.272. The molecule has 0 aliphatic heterocycles. The van der Waals surface area contributed by atoms with Gasteiger partial charge in [0, 0.05) is 22.3 Å². The van der Waals surface area contributed by atoms with E-state index >= 15 is 0 Å². The van der Waals surface area contributed by atoms with Crippen LogP contribution in [0.4, 0.5) is 10.1 Å². The molecule has 0 radical (unpaired) electrons. The van der Waals surface area contributed by atoms with Crippen LogP contribution in [-0.4, -0.2) is 20.1 Å². The fourth-order valence-electron chi connectivity index (χ4n) is 3.60. The Bertz CT molecular complexity index is 1500. The van der Waals surface area contributed by atoms with Crippen molar-refractivity contribution in [2.75, 3.05) is 11.1 Å². The van der Waals surface area contributed by atoms with Crippen LogP contribution in [0, 0.1) is 5.82 Å². The summed E-state index contributed by atoms with van der Waals surface area (Å²) in [6.45, 7) is 1.58. The van der Waals surface area contributed by atoms with E-state index in [9.17, 15) is 17.6 Å². The van der Waals surface area contributed by atoms with Crippen molar-refractivity contribution in [3.8, 4) is 22.6 Å². The lowest BCUT2D eigenvalue weighted by Crippen LogP contribution is -2.14. The second kappa shape index (κ2) is 10.9. The number of rotatable bonds is 8. The molecule has 5 nitrogen and oxygen atoms in total. The van der Waals surface area contributed by atoms with Crippen LogP contribution in [0.15, 0.2) is 95.9 Å². The van der Waals surface area contributed by atoms with Crippen molar-refractivity contribution in [3.05, 3.63) is 107 Å². The molecule has 36 heavy (non-hydrogen) atoms. The molecular formula is C28H23ClFNO4S. The van der Waals surface area contributed by atoms with Crippen LogP contribution in [0.1, 0.15) is 12.5 Å². The summed E-state index contributed by atoms with van der Waals surface area (Å²) >= 11 is 6.16. The van der Waals surface area contributed by atoms with Crippen LogP contribution in [0.3, 0.4) is 0 Å². The number of para-hydroxylation sites is 1. The predicted molar refractivity (Wildman–Crippen MR) is 140 cm³/mol. The highest BCUT2D eigenvalue weighted by Crippen LogP contribution is 2.37. The zero-order chi connectivity index (χ0) is 25.7. The van der Waals surface area contributed by atoms with Crippen molar-refractivity contribution in [1.29, 1.82) is 0 Å².